The van der Waals surface area contributed by atoms with Gasteiger partial charge in [-0.25, -0.2) is 13.1 Å². The van der Waals surface area contributed by atoms with Crippen molar-refractivity contribution in [2.24, 2.45) is 0 Å². The quantitative estimate of drug-likeness (QED) is 0.830. The summed E-state index contributed by atoms with van der Waals surface area (Å²) in [4.78, 5) is 12.3. The van der Waals surface area contributed by atoms with E-state index in [0.29, 0.717) is 11.1 Å². The summed E-state index contributed by atoms with van der Waals surface area (Å²) in [6.45, 7) is 7.44. The van der Waals surface area contributed by atoms with Gasteiger partial charge in [0, 0.05) is 18.7 Å². The van der Waals surface area contributed by atoms with Crippen LogP contribution in [0, 0.1) is 27.7 Å². The zero-order valence-electron chi connectivity index (χ0n) is 15.0. The van der Waals surface area contributed by atoms with E-state index in [4.69, 9.17) is 0 Å². The van der Waals surface area contributed by atoms with Crippen molar-refractivity contribution in [3.63, 3.8) is 0 Å². The van der Waals surface area contributed by atoms with Gasteiger partial charge in [0.25, 0.3) is 0 Å². The molecule has 0 unspecified atom stereocenters. The zero-order chi connectivity index (χ0) is 18.6. The van der Waals surface area contributed by atoms with Crippen LogP contribution in [0.2, 0.25) is 0 Å². The largest absolute Gasteiger partial charge is 0.326 e. The molecule has 0 aliphatic carbocycles. The van der Waals surface area contributed by atoms with Crippen LogP contribution in [0.15, 0.2) is 41.3 Å². The number of sulfonamides is 1. The molecule has 1 amide bonds. The first-order valence-electron chi connectivity index (χ1n) is 8.13. The van der Waals surface area contributed by atoms with E-state index >= 15 is 0 Å². The third-order valence-corrected chi connectivity index (χ3v) is 5.70. The fourth-order valence-corrected chi connectivity index (χ4v) is 4.37. The molecule has 0 radical (unpaired) electrons. The normalized spacial score (nSPS) is 11.4. The van der Waals surface area contributed by atoms with Crippen LogP contribution < -0.4 is 10.0 Å². The lowest BCUT2D eigenvalue weighted by atomic mass is 10.1. The first kappa shape index (κ1) is 19.1. The Bertz CT molecular complexity index is 866. The van der Waals surface area contributed by atoms with Gasteiger partial charge >= 0.3 is 0 Å². The SMILES string of the molecule is Cc1cc(C)c(S(=O)(=O)NCCC(=O)Nc2ccccc2C)c(C)c1. The van der Waals surface area contributed by atoms with Crippen LogP contribution in [0.5, 0.6) is 0 Å². The van der Waals surface area contributed by atoms with Gasteiger partial charge in [0.05, 0.1) is 4.90 Å². The van der Waals surface area contributed by atoms with Crippen molar-refractivity contribution in [3.8, 4) is 0 Å². The molecule has 134 valence electrons. The molecule has 0 atom stereocenters. The number of hydrogen-bond acceptors (Lipinski definition) is 3. The minimum atomic E-state index is -3.65. The van der Waals surface area contributed by atoms with Gasteiger partial charge < -0.3 is 5.32 Å². The molecule has 0 aliphatic rings. The summed E-state index contributed by atoms with van der Waals surface area (Å²) < 4.78 is 27.6. The van der Waals surface area contributed by atoms with Gasteiger partial charge in [-0.3, -0.25) is 4.79 Å². The molecule has 2 rings (SSSR count). The molecular weight excluding hydrogens is 336 g/mol. The average Bonchev–Trinajstić information content (AvgIpc) is 2.48. The molecule has 25 heavy (non-hydrogen) atoms. The van der Waals surface area contributed by atoms with Crippen molar-refractivity contribution in [3.05, 3.63) is 58.7 Å². The molecule has 0 aliphatic heterocycles. The highest BCUT2D eigenvalue weighted by molar-refractivity contribution is 7.89. The van der Waals surface area contributed by atoms with E-state index in [1.165, 1.54) is 0 Å². The minimum absolute atomic E-state index is 0.0484. The highest BCUT2D eigenvalue weighted by Gasteiger charge is 2.19. The lowest BCUT2D eigenvalue weighted by Gasteiger charge is -2.13. The van der Waals surface area contributed by atoms with Gasteiger partial charge in [-0.2, -0.15) is 0 Å². The van der Waals surface area contributed by atoms with Crippen LogP contribution in [-0.4, -0.2) is 20.9 Å². The van der Waals surface area contributed by atoms with Crippen LogP contribution in [0.4, 0.5) is 5.69 Å². The average molecular weight is 360 g/mol. The highest BCUT2D eigenvalue weighted by atomic mass is 32.2. The predicted molar refractivity (Wildman–Crippen MR) is 100 cm³/mol. The zero-order valence-corrected chi connectivity index (χ0v) is 15.8. The molecule has 0 fully saturated rings. The number of hydrogen-bond donors (Lipinski definition) is 2. The standard InChI is InChI=1S/C19H24N2O3S/c1-13-11-15(3)19(16(4)12-13)25(23,24)20-10-9-18(22)21-17-8-6-5-7-14(17)2/h5-8,11-12,20H,9-10H2,1-4H3,(H,21,22). The number of para-hydroxylation sites is 1. The maximum Gasteiger partial charge on any atom is 0.241 e. The third-order valence-electron chi connectivity index (χ3n) is 3.94. The van der Waals surface area contributed by atoms with E-state index in [-0.39, 0.29) is 23.8 Å². The number of anilines is 1. The molecule has 0 saturated heterocycles. The maximum atomic E-state index is 12.5. The second-order valence-electron chi connectivity index (χ2n) is 6.24. The minimum Gasteiger partial charge on any atom is -0.326 e. The molecule has 2 N–H and O–H groups in total. The van der Waals surface area contributed by atoms with E-state index in [9.17, 15) is 13.2 Å². The first-order chi connectivity index (χ1) is 11.7. The monoisotopic (exact) mass is 360 g/mol. The Morgan fingerprint density at radius 3 is 2.16 bits per heavy atom. The Morgan fingerprint density at radius 2 is 1.56 bits per heavy atom. The number of nitrogens with one attached hydrogen (secondary N) is 2. The summed E-state index contributed by atoms with van der Waals surface area (Å²) in [6.07, 6.45) is 0.0670. The number of carbonyl (C=O) groups is 1. The number of aryl methyl sites for hydroxylation is 4. The number of rotatable bonds is 6. The molecule has 0 heterocycles. The lowest BCUT2D eigenvalue weighted by Crippen LogP contribution is -2.29. The lowest BCUT2D eigenvalue weighted by molar-refractivity contribution is -0.116. The molecule has 0 saturated carbocycles. The Kier molecular flexibility index (Phi) is 5.98. The molecule has 2 aromatic rings. The maximum absolute atomic E-state index is 12.5. The Morgan fingerprint density at radius 1 is 0.960 bits per heavy atom. The predicted octanol–water partition coefficient (Wildman–Crippen LogP) is 3.23. The summed E-state index contributed by atoms with van der Waals surface area (Å²) in [6, 6.07) is 11.1. The first-order valence-corrected chi connectivity index (χ1v) is 9.62. The molecular formula is C19H24N2O3S. The summed E-state index contributed by atoms with van der Waals surface area (Å²) >= 11 is 0. The molecule has 0 spiro atoms. The van der Waals surface area contributed by atoms with Crippen molar-refractivity contribution in [1.29, 1.82) is 0 Å². The second-order valence-corrected chi connectivity index (χ2v) is 7.94. The van der Waals surface area contributed by atoms with E-state index in [1.54, 1.807) is 13.8 Å². The fraction of sp³-hybridized carbons (Fsp3) is 0.316. The smallest absolute Gasteiger partial charge is 0.241 e. The highest BCUT2D eigenvalue weighted by Crippen LogP contribution is 2.21. The van der Waals surface area contributed by atoms with E-state index in [1.807, 2.05) is 50.2 Å². The summed E-state index contributed by atoms with van der Waals surface area (Å²) in [7, 11) is -3.65. The van der Waals surface area contributed by atoms with E-state index < -0.39 is 10.0 Å². The number of carbonyl (C=O) groups excluding carboxylic acids is 1. The Balaban J connectivity index is 1.99. The topological polar surface area (TPSA) is 75.3 Å². The van der Waals surface area contributed by atoms with Crippen LogP contribution in [0.25, 0.3) is 0 Å². The van der Waals surface area contributed by atoms with Crippen LogP contribution in [0.3, 0.4) is 0 Å². The van der Waals surface area contributed by atoms with Gasteiger partial charge in [-0.15, -0.1) is 0 Å². The Hall–Kier alpha value is -2.18. The molecule has 0 bridgehead atoms. The fourth-order valence-electron chi connectivity index (χ4n) is 2.89. The van der Waals surface area contributed by atoms with Crippen molar-refractivity contribution < 1.29 is 13.2 Å². The molecule has 5 nitrogen and oxygen atoms in total. The van der Waals surface area contributed by atoms with Crippen LogP contribution >= 0.6 is 0 Å². The van der Waals surface area contributed by atoms with Crippen molar-refractivity contribution in [2.45, 2.75) is 39.0 Å². The summed E-state index contributed by atoms with van der Waals surface area (Å²) in [5.41, 5.74) is 4.12. The van der Waals surface area contributed by atoms with E-state index in [0.717, 1.165) is 16.8 Å². The number of benzene rings is 2. The summed E-state index contributed by atoms with van der Waals surface area (Å²) in [5, 5.41) is 2.79. The van der Waals surface area contributed by atoms with Crippen molar-refractivity contribution in [2.75, 3.05) is 11.9 Å². The van der Waals surface area contributed by atoms with Crippen LogP contribution in [-0.2, 0) is 14.8 Å². The van der Waals surface area contributed by atoms with Gasteiger partial charge in [0.15, 0.2) is 0 Å². The third kappa shape index (κ3) is 4.90. The van der Waals surface area contributed by atoms with Crippen molar-refractivity contribution in [1.82, 2.24) is 4.72 Å². The summed E-state index contributed by atoms with van der Waals surface area (Å²) in [5.74, 6) is -0.227. The molecule has 6 heteroatoms. The second kappa shape index (κ2) is 7.80. The molecule has 2 aromatic carbocycles. The van der Waals surface area contributed by atoms with Gasteiger partial charge in [0.2, 0.25) is 15.9 Å². The number of amides is 1. The van der Waals surface area contributed by atoms with Gasteiger partial charge in [-0.05, 0) is 50.5 Å². The molecule has 0 aromatic heterocycles. The van der Waals surface area contributed by atoms with Crippen molar-refractivity contribution >= 4 is 21.6 Å². The van der Waals surface area contributed by atoms with E-state index in [2.05, 4.69) is 10.0 Å². The van der Waals surface area contributed by atoms with Crippen LogP contribution in [0.1, 0.15) is 28.7 Å². The van der Waals surface area contributed by atoms with Gasteiger partial charge in [0.1, 0.15) is 0 Å². The van der Waals surface area contributed by atoms with Gasteiger partial charge in [-0.1, -0.05) is 35.9 Å². The Labute approximate surface area is 149 Å².